The standard InChI is InChI=1S/C10H16N2OS.ClH/c1-7(5-11)6-12-10(13)9-4-3-8(2)14-9;/h3-4,7H,5-6,11H2,1-2H3,(H,12,13);1H. The fourth-order valence-electron chi connectivity index (χ4n) is 0.994. The number of amides is 1. The molecule has 0 saturated carbocycles. The van der Waals surface area contributed by atoms with Gasteiger partial charge < -0.3 is 11.1 Å². The average molecular weight is 249 g/mol. The molecule has 0 aliphatic carbocycles. The van der Waals surface area contributed by atoms with Crippen molar-refractivity contribution in [2.24, 2.45) is 11.7 Å². The maximum Gasteiger partial charge on any atom is 0.261 e. The van der Waals surface area contributed by atoms with Gasteiger partial charge in [-0.15, -0.1) is 23.7 Å². The monoisotopic (exact) mass is 248 g/mol. The first-order chi connectivity index (χ1) is 6.63. The molecule has 0 aliphatic heterocycles. The Labute approximate surface area is 100 Å². The molecule has 1 aromatic rings. The normalized spacial score (nSPS) is 11.7. The van der Waals surface area contributed by atoms with Crippen LogP contribution in [0.3, 0.4) is 0 Å². The van der Waals surface area contributed by atoms with E-state index in [-0.39, 0.29) is 18.3 Å². The molecule has 0 fully saturated rings. The molecule has 0 aliphatic rings. The van der Waals surface area contributed by atoms with E-state index in [1.807, 2.05) is 26.0 Å². The molecule has 1 heterocycles. The molecule has 0 aromatic carbocycles. The summed E-state index contributed by atoms with van der Waals surface area (Å²) in [5.41, 5.74) is 5.45. The smallest absolute Gasteiger partial charge is 0.261 e. The number of hydrogen-bond acceptors (Lipinski definition) is 3. The van der Waals surface area contributed by atoms with Crippen LogP contribution in [-0.2, 0) is 0 Å². The van der Waals surface area contributed by atoms with Crippen molar-refractivity contribution in [2.75, 3.05) is 13.1 Å². The van der Waals surface area contributed by atoms with Crippen LogP contribution in [0.1, 0.15) is 21.5 Å². The van der Waals surface area contributed by atoms with Crippen LogP contribution in [0.25, 0.3) is 0 Å². The van der Waals surface area contributed by atoms with Gasteiger partial charge in [0.1, 0.15) is 0 Å². The Kier molecular flexibility index (Phi) is 6.56. The first kappa shape index (κ1) is 14.4. The second-order valence-electron chi connectivity index (χ2n) is 3.46. The zero-order valence-corrected chi connectivity index (χ0v) is 10.6. The van der Waals surface area contributed by atoms with Crippen molar-refractivity contribution < 1.29 is 4.79 Å². The SMILES string of the molecule is Cc1ccc(C(=O)NCC(C)CN)s1.Cl. The number of rotatable bonds is 4. The fourth-order valence-corrected chi connectivity index (χ4v) is 1.78. The highest BCUT2D eigenvalue weighted by atomic mass is 35.5. The van der Waals surface area contributed by atoms with Gasteiger partial charge in [-0.05, 0) is 31.5 Å². The number of nitrogens with one attached hydrogen (secondary N) is 1. The predicted molar refractivity (Wildman–Crippen MR) is 66.9 cm³/mol. The number of carbonyl (C=O) groups is 1. The minimum atomic E-state index is 0. The van der Waals surface area contributed by atoms with Gasteiger partial charge in [-0.3, -0.25) is 4.79 Å². The van der Waals surface area contributed by atoms with E-state index in [4.69, 9.17) is 5.73 Å². The maximum absolute atomic E-state index is 11.5. The van der Waals surface area contributed by atoms with E-state index < -0.39 is 0 Å². The quantitative estimate of drug-likeness (QED) is 0.854. The van der Waals surface area contributed by atoms with Crippen molar-refractivity contribution >= 4 is 29.7 Å². The Morgan fingerprint density at radius 2 is 2.27 bits per heavy atom. The van der Waals surface area contributed by atoms with Crippen LogP contribution in [-0.4, -0.2) is 19.0 Å². The molecule has 1 atom stereocenters. The van der Waals surface area contributed by atoms with Crippen LogP contribution < -0.4 is 11.1 Å². The van der Waals surface area contributed by atoms with Crippen LogP contribution >= 0.6 is 23.7 Å². The largest absolute Gasteiger partial charge is 0.351 e. The number of aryl methyl sites for hydroxylation is 1. The molecule has 5 heteroatoms. The molecule has 0 radical (unpaired) electrons. The molecule has 3 N–H and O–H groups in total. The highest BCUT2D eigenvalue weighted by Crippen LogP contribution is 2.14. The third-order valence-electron chi connectivity index (χ3n) is 1.98. The molecule has 3 nitrogen and oxygen atoms in total. The molecule has 1 rings (SSSR count). The highest BCUT2D eigenvalue weighted by Gasteiger charge is 2.08. The minimum absolute atomic E-state index is 0. The number of hydrogen-bond donors (Lipinski definition) is 2. The third kappa shape index (κ3) is 4.64. The van der Waals surface area contributed by atoms with E-state index >= 15 is 0 Å². The lowest BCUT2D eigenvalue weighted by atomic mass is 10.2. The molecule has 86 valence electrons. The van der Waals surface area contributed by atoms with Gasteiger partial charge in [0.25, 0.3) is 5.91 Å². The summed E-state index contributed by atoms with van der Waals surface area (Å²) < 4.78 is 0. The summed E-state index contributed by atoms with van der Waals surface area (Å²) in [6.07, 6.45) is 0. The summed E-state index contributed by atoms with van der Waals surface area (Å²) in [6.45, 7) is 5.25. The van der Waals surface area contributed by atoms with Gasteiger partial charge in [0, 0.05) is 11.4 Å². The Morgan fingerprint density at radius 3 is 2.73 bits per heavy atom. The van der Waals surface area contributed by atoms with E-state index in [9.17, 15) is 4.79 Å². The summed E-state index contributed by atoms with van der Waals surface area (Å²) in [7, 11) is 0. The molecule has 0 saturated heterocycles. The number of halogens is 1. The van der Waals surface area contributed by atoms with Crippen molar-refractivity contribution in [2.45, 2.75) is 13.8 Å². The average Bonchev–Trinajstić information content (AvgIpc) is 2.60. The summed E-state index contributed by atoms with van der Waals surface area (Å²) >= 11 is 1.51. The predicted octanol–water partition coefficient (Wildman–Crippen LogP) is 1.80. The highest BCUT2D eigenvalue weighted by molar-refractivity contribution is 7.13. The van der Waals surface area contributed by atoms with Crippen LogP contribution in [0.4, 0.5) is 0 Å². The second kappa shape index (κ2) is 6.82. The van der Waals surface area contributed by atoms with Crippen LogP contribution in [0.5, 0.6) is 0 Å². The minimum Gasteiger partial charge on any atom is -0.351 e. The Morgan fingerprint density at radius 1 is 1.60 bits per heavy atom. The molecule has 1 amide bonds. The van der Waals surface area contributed by atoms with Crippen molar-refractivity contribution in [3.8, 4) is 0 Å². The number of nitrogens with two attached hydrogens (primary N) is 1. The first-order valence-corrected chi connectivity index (χ1v) is 5.50. The van der Waals surface area contributed by atoms with Crippen LogP contribution in [0.15, 0.2) is 12.1 Å². The van der Waals surface area contributed by atoms with E-state index in [1.54, 1.807) is 0 Å². The van der Waals surface area contributed by atoms with Crippen molar-refractivity contribution in [3.63, 3.8) is 0 Å². The van der Waals surface area contributed by atoms with Gasteiger partial charge in [0.15, 0.2) is 0 Å². The van der Waals surface area contributed by atoms with Crippen molar-refractivity contribution in [1.82, 2.24) is 5.32 Å². The van der Waals surface area contributed by atoms with Gasteiger partial charge >= 0.3 is 0 Å². The molecule has 15 heavy (non-hydrogen) atoms. The Balaban J connectivity index is 0.00000196. The number of thiophene rings is 1. The zero-order chi connectivity index (χ0) is 10.6. The molecule has 0 spiro atoms. The Hall–Kier alpha value is -0.580. The van der Waals surface area contributed by atoms with Crippen LogP contribution in [0.2, 0.25) is 0 Å². The van der Waals surface area contributed by atoms with Gasteiger partial charge in [-0.1, -0.05) is 6.92 Å². The molecular formula is C10H17ClN2OS. The van der Waals surface area contributed by atoms with E-state index in [2.05, 4.69) is 5.32 Å². The van der Waals surface area contributed by atoms with Crippen molar-refractivity contribution in [3.05, 3.63) is 21.9 Å². The summed E-state index contributed by atoms with van der Waals surface area (Å²) in [5, 5.41) is 2.85. The first-order valence-electron chi connectivity index (χ1n) is 4.68. The lowest BCUT2D eigenvalue weighted by Crippen LogP contribution is -2.30. The summed E-state index contributed by atoms with van der Waals surface area (Å²) in [4.78, 5) is 13.5. The van der Waals surface area contributed by atoms with E-state index in [0.29, 0.717) is 19.0 Å². The Bertz CT molecular complexity index is 314. The molecule has 0 bridgehead atoms. The molecular weight excluding hydrogens is 232 g/mol. The van der Waals surface area contributed by atoms with Gasteiger partial charge in [-0.2, -0.15) is 0 Å². The fraction of sp³-hybridized carbons (Fsp3) is 0.500. The molecule has 1 unspecified atom stereocenters. The second-order valence-corrected chi connectivity index (χ2v) is 4.75. The van der Waals surface area contributed by atoms with Crippen molar-refractivity contribution in [1.29, 1.82) is 0 Å². The van der Waals surface area contributed by atoms with Gasteiger partial charge in [0.2, 0.25) is 0 Å². The van der Waals surface area contributed by atoms with Crippen LogP contribution in [0, 0.1) is 12.8 Å². The zero-order valence-electron chi connectivity index (χ0n) is 8.95. The van der Waals surface area contributed by atoms with E-state index in [0.717, 1.165) is 9.75 Å². The van der Waals surface area contributed by atoms with E-state index in [1.165, 1.54) is 11.3 Å². The number of carbonyl (C=O) groups excluding carboxylic acids is 1. The third-order valence-corrected chi connectivity index (χ3v) is 2.98. The lowest BCUT2D eigenvalue weighted by Gasteiger charge is -2.08. The maximum atomic E-state index is 11.5. The molecule has 1 aromatic heterocycles. The topological polar surface area (TPSA) is 55.1 Å². The van der Waals surface area contributed by atoms with Gasteiger partial charge in [0.05, 0.1) is 4.88 Å². The lowest BCUT2D eigenvalue weighted by molar-refractivity contribution is 0.0952. The summed E-state index contributed by atoms with van der Waals surface area (Å²) in [6, 6.07) is 3.80. The summed E-state index contributed by atoms with van der Waals surface area (Å²) in [5.74, 6) is 0.336. The van der Waals surface area contributed by atoms with Gasteiger partial charge in [-0.25, -0.2) is 0 Å².